The summed E-state index contributed by atoms with van der Waals surface area (Å²) in [6.07, 6.45) is 0. The first kappa shape index (κ1) is 8.68. The summed E-state index contributed by atoms with van der Waals surface area (Å²) in [6.45, 7) is 0. The van der Waals surface area contributed by atoms with Crippen LogP contribution in [-0.2, 0) is 0 Å². The van der Waals surface area contributed by atoms with Crippen LogP contribution in [0.4, 0.5) is 14.6 Å². The topological polar surface area (TPSA) is 52.0 Å². The second kappa shape index (κ2) is 3.10. The van der Waals surface area contributed by atoms with Gasteiger partial charge in [-0.05, 0) is 12.1 Å². The van der Waals surface area contributed by atoms with E-state index in [0.29, 0.717) is 0 Å². The smallest absolute Gasteiger partial charge is 0.172 e. The molecule has 0 aliphatic heterocycles. The van der Waals surface area contributed by atoms with Gasteiger partial charge >= 0.3 is 0 Å². The molecule has 0 fully saturated rings. The second-order valence-electron chi connectivity index (χ2n) is 2.74. The van der Waals surface area contributed by atoms with Gasteiger partial charge in [-0.2, -0.15) is 0 Å². The van der Waals surface area contributed by atoms with Crippen LogP contribution in [0.5, 0.6) is 0 Å². The van der Waals surface area contributed by atoms with Crippen molar-refractivity contribution >= 4 is 5.82 Å². The number of nitrogens with two attached hydrogens (primary N) is 1. The maximum Gasteiger partial charge on any atom is 0.172 e. The van der Waals surface area contributed by atoms with Crippen molar-refractivity contribution in [1.82, 2.24) is 5.16 Å². The molecule has 5 heteroatoms. The molecule has 0 saturated heterocycles. The van der Waals surface area contributed by atoms with Gasteiger partial charge in [0, 0.05) is 12.1 Å². The van der Waals surface area contributed by atoms with Crippen LogP contribution in [0.3, 0.4) is 0 Å². The molecular weight excluding hydrogens is 190 g/mol. The molecule has 1 aromatic heterocycles. The zero-order valence-corrected chi connectivity index (χ0v) is 7.00. The fourth-order valence-corrected chi connectivity index (χ4v) is 1.11. The van der Waals surface area contributed by atoms with Gasteiger partial charge in [-0.3, -0.25) is 0 Å². The van der Waals surface area contributed by atoms with Gasteiger partial charge in [-0.15, -0.1) is 0 Å². The third-order valence-electron chi connectivity index (χ3n) is 1.72. The van der Waals surface area contributed by atoms with Crippen LogP contribution in [-0.4, -0.2) is 5.16 Å². The number of anilines is 1. The molecule has 1 heterocycles. The highest BCUT2D eigenvalue weighted by Crippen LogP contribution is 2.24. The number of nitrogen functional groups attached to an aromatic ring is 1. The van der Waals surface area contributed by atoms with Crippen molar-refractivity contribution in [2.75, 3.05) is 5.73 Å². The van der Waals surface area contributed by atoms with Crippen molar-refractivity contribution < 1.29 is 13.3 Å². The maximum atomic E-state index is 13.2. The number of rotatable bonds is 1. The number of nitrogens with zero attached hydrogens (tertiary/aromatic N) is 1. The molecular formula is C9H6F2N2O. The lowest BCUT2D eigenvalue weighted by molar-refractivity contribution is 0.433. The molecule has 0 unspecified atom stereocenters. The Bertz CT molecular complexity index is 468. The van der Waals surface area contributed by atoms with Gasteiger partial charge in [-0.25, -0.2) is 8.78 Å². The molecule has 2 rings (SSSR count). The minimum absolute atomic E-state index is 0.135. The van der Waals surface area contributed by atoms with Gasteiger partial charge in [0.2, 0.25) is 0 Å². The van der Waals surface area contributed by atoms with E-state index in [1.165, 1.54) is 12.1 Å². The van der Waals surface area contributed by atoms with Gasteiger partial charge in [0.15, 0.2) is 11.6 Å². The number of benzene rings is 1. The fraction of sp³-hybridized carbons (Fsp3) is 0. The predicted octanol–water partition coefficient (Wildman–Crippen LogP) is 2.20. The zero-order valence-electron chi connectivity index (χ0n) is 7.00. The number of hydrogen-bond donors (Lipinski definition) is 1. The minimum atomic E-state index is -0.707. The Morgan fingerprint density at radius 1 is 1.21 bits per heavy atom. The van der Waals surface area contributed by atoms with E-state index >= 15 is 0 Å². The second-order valence-corrected chi connectivity index (χ2v) is 2.74. The molecule has 3 nitrogen and oxygen atoms in total. The van der Waals surface area contributed by atoms with Crippen LogP contribution < -0.4 is 5.73 Å². The third-order valence-corrected chi connectivity index (χ3v) is 1.72. The lowest BCUT2D eigenvalue weighted by Gasteiger charge is -1.96. The van der Waals surface area contributed by atoms with Crippen molar-refractivity contribution in [3.8, 4) is 11.3 Å². The van der Waals surface area contributed by atoms with Crippen molar-refractivity contribution in [2.45, 2.75) is 0 Å². The standard InChI is InChI=1S/C9H6F2N2O/c10-5-1-2-6(7(11)3-5)8-4-9(12)13-14-8/h1-4H,(H2,12,13). The summed E-state index contributed by atoms with van der Waals surface area (Å²) >= 11 is 0. The van der Waals surface area contributed by atoms with Crippen LogP contribution in [0.2, 0.25) is 0 Å². The lowest BCUT2D eigenvalue weighted by Crippen LogP contribution is -1.84. The third kappa shape index (κ3) is 1.44. The van der Waals surface area contributed by atoms with E-state index < -0.39 is 11.6 Å². The Labute approximate surface area is 78.1 Å². The van der Waals surface area contributed by atoms with Crippen LogP contribution in [0.1, 0.15) is 0 Å². The van der Waals surface area contributed by atoms with Crippen molar-refractivity contribution in [1.29, 1.82) is 0 Å². The largest absolute Gasteiger partial charge is 0.381 e. The van der Waals surface area contributed by atoms with Crippen molar-refractivity contribution in [3.05, 3.63) is 35.9 Å². The number of aromatic nitrogens is 1. The molecule has 0 amide bonds. The summed E-state index contributed by atoms with van der Waals surface area (Å²) in [4.78, 5) is 0. The minimum Gasteiger partial charge on any atom is -0.381 e. The zero-order chi connectivity index (χ0) is 10.1. The Morgan fingerprint density at radius 3 is 2.57 bits per heavy atom. The quantitative estimate of drug-likeness (QED) is 0.760. The molecule has 0 aliphatic rings. The molecule has 0 atom stereocenters. The van der Waals surface area contributed by atoms with Gasteiger partial charge in [0.1, 0.15) is 11.6 Å². The molecule has 2 aromatic rings. The number of halogens is 2. The molecule has 0 spiro atoms. The van der Waals surface area contributed by atoms with Crippen LogP contribution >= 0.6 is 0 Å². The maximum absolute atomic E-state index is 13.2. The lowest BCUT2D eigenvalue weighted by atomic mass is 10.1. The van der Waals surface area contributed by atoms with Crippen molar-refractivity contribution in [3.63, 3.8) is 0 Å². The first-order valence-corrected chi connectivity index (χ1v) is 3.84. The van der Waals surface area contributed by atoms with Gasteiger partial charge < -0.3 is 10.3 Å². The Balaban J connectivity index is 2.52. The Morgan fingerprint density at radius 2 is 2.00 bits per heavy atom. The van der Waals surface area contributed by atoms with Gasteiger partial charge in [0.05, 0.1) is 5.56 Å². The Kier molecular flexibility index (Phi) is 1.92. The molecule has 2 N–H and O–H groups in total. The van der Waals surface area contributed by atoms with Crippen LogP contribution in [0.25, 0.3) is 11.3 Å². The van der Waals surface area contributed by atoms with E-state index in [0.717, 1.165) is 12.1 Å². The summed E-state index contributed by atoms with van der Waals surface area (Å²) in [5, 5.41) is 3.40. The van der Waals surface area contributed by atoms with Crippen LogP contribution in [0, 0.1) is 11.6 Å². The molecule has 0 aliphatic carbocycles. The first-order chi connectivity index (χ1) is 6.66. The molecule has 1 aromatic carbocycles. The molecule has 0 bridgehead atoms. The average molecular weight is 196 g/mol. The average Bonchev–Trinajstić information content (AvgIpc) is 2.51. The molecule has 0 saturated carbocycles. The Hall–Kier alpha value is -1.91. The van der Waals surface area contributed by atoms with E-state index in [9.17, 15) is 8.78 Å². The summed E-state index contributed by atoms with van der Waals surface area (Å²) in [7, 11) is 0. The summed E-state index contributed by atoms with van der Waals surface area (Å²) in [5.74, 6) is -1.01. The number of hydrogen-bond acceptors (Lipinski definition) is 3. The van der Waals surface area contributed by atoms with E-state index in [-0.39, 0.29) is 17.1 Å². The van der Waals surface area contributed by atoms with E-state index in [4.69, 9.17) is 10.3 Å². The van der Waals surface area contributed by atoms with E-state index in [2.05, 4.69) is 5.16 Å². The highest BCUT2D eigenvalue weighted by Gasteiger charge is 2.10. The molecule has 0 radical (unpaired) electrons. The summed E-state index contributed by atoms with van der Waals surface area (Å²) in [5.41, 5.74) is 5.43. The monoisotopic (exact) mass is 196 g/mol. The first-order valence-electron chi connectivity index (χ1n) is 3.84. The summed E-state index contributed by atoms with van der Waals surface area (Å²) < 4.78 is 30.5. The van der Waals surface area contributed by atoms with Crippen LogP contribution in [0.15, 0.2) is 28.8 Å². The predicted molar refractivity (Wildman–Crippen MR) is 46.3 cm³/mol. The highest BCUT2D eigenvalue weighted by atomic mass is 19.1. The summed E-state index contributed by atoms with van der Waals surface area (Å²) in [6, 6.07) is 4.55. The van der Waals surface area contributed by atoms with Gasteiger partial charge in [0.25, 0.3) is 0 Å². The molecule has 72 valence electrons. The normalized spacial score (nSPS) is 10.4. The van der Waals surface area contributed by atoms with Gasteiger partial charge in [-0.1, -0.05) is 5.16 Å². The fourth-order valence-electron chi connectivity index (χ4n) is 1.11. The molecule has 14 heavy (non-hydrogen) atoms. The van der Waals surface area contributed by atoms with E-state index in [1.54, 1.807) is 0 Å². The highest BCUT2D eigenvalue weighted by molar-refractivity contribution is 5.60. The van der Waals surface area contributed by atoms with Crippen molar-refractivity contribution in [2.24, 2.45) is 0 Å². The SMILES string of the molecule is Nc1cc(-c2ccc(F)cc2F)on1. The van der Waals surface area contributed by atoms with E-state index in [1.807, 2.05) is 0 Å².